The number of alkyl halides is 1. The number of aromatic amines is 1. The van der Waals surface area contributed by atoms with Gasteiger partial charge in [0.25, 0.3) is 5.56 Å². The van der Waals surface area contributed by atoms with E-state index in [1.54, 1.807) is 0 Å². The molecule has 19 heavy (non-hydrogen) atoms. The van der Waals surface area contributed by atoms with Crippen LogP contribution in [-0.2, 0) is 4.43 Å². The molecule has 0 saturated carbocycles. The molecule has 0 unspecified atom stereocenters. The molecule has 0 aliphatic carbocycles. The van der Waals surface area contributed by atoms with Gasteiger partial charge in [-0.05, 0) is 25.1 Å². The maximum atomic E-state index is 12.1. The van der Waals surface area contributed by atoms with E-state index in [1.165, 1.54) is 0 Å². The highest BCUT2D eigenvalue weighted by Gasteiger charge is 2.14. The molecular formula is C14H12IN3O. The van der Waals surface area contributed by atoms with Gasteiger partial charge in [0.15, 0.2) is 0 Å². The van der Waals surface area contributed by atoms with Crippen LogP contribution in [0.25, 0.3) is 16.6 Å². The first-order valence-electron chi connectivity index (χ1n) is 5.93. The van der Waals surface area contributed by atoms with Crippen LogP contribution in [0.4, 0.5) is 0 Å². The number of fused-ring (bicyclic) bond motifs is 1. The van der Waals surface area contributed by atoms with Crippen molar-refractivity contribution in [3.8, 4) is 5.69 Å². The lowest BCUT2D eigenvalue weighted by Crippen LogP contribution is -2.08. The molecule has 0 atom stereocenters. The molecule has 0 radical (unpaired) electrons. The minimum absolute atomic E-state index is 0.0659. The van der Waals surface area contributed by atoms with Crippen molar-refractivity contribution in [2.75, 3.05) is 0 Å². The topological polar surface area (TPSA) is 50.7 Å². The molecule has 4 nitrogen and oxygen atoms in total. The average Bonchev–Trinajstić information content (AvgIpc) is 2.78. The summed E-state index contributed by atoms with van der Waals surface area (Å²) in [5, 5.41) is 5.25. The molecule has 1 aromatic carbocycles. The van der Waals surface area contributed by atoms with Gasteiger partial charge in [0.1, 0.15) is 0 Å². The van der Waals surface area contributed by atoms with Crippen molar-refractivity contribution >= 4 is 33.5 Å². The van der Waals surface area contributed by atoms with E-state index in [9.17, 15) is 4.79 Å². The summed E-state index contributed by atoms with van der Waals surface area (Å²) in [6, 6.07) is 11.8. The van der Waals surface area contributed by atoms with E-state index in [0.717, 1.165) is 22.6 Å². The maximum absolute atomic E-state index is 12.1. The van der Waals surface area contributed by atoms with Crippen molar-refractivity contribution in [2.24, 2.45) is 0 Å². The van der Waals surface area contributed by atoms with Gasteiger partial charge in [-0.25, -0.2) is 4.68 Å². The first kappa shape index (κ1) is 12.4. The van der Waals surface area contributed by atoms with Crippen LogP contribution < -0.4 is 5.56 Å². The molecule has 2 heterocycles. The fourth-order valence-corrected chi connectivity index (χ4v) is 2.74. The van der Waals surface area contributed by atoms with E-state index in [-0.39, 0.29) is 5.56 Å². The number of aromatic nitrogens is 3. The molecule has 96 valence electrons. The van der Waals surface area contributed by atoms with E-state index in [1.807, 2.05) is 48.0 Å². The lowest BCUT2D eigenvalue weighted by Gasteiger charge is -2.03. The van der Waals surface area contributed by atoms with Crippen molar-refractivity contribution in [1.82, 2.24) is 14.8 Å². The fourth-order valence-electron chi connectivity index (χ4n) is 2.20. The summed E-state index contributed by atoms with van der Waals surface area (Å²) in [4.78, 5) is 15.0. The number of rotatable bonds is 2. The second kappa shape index (κ2) is 4.80. The number of para-hydroxylation sites is 1. The van der Waals surface area contributed by atoms with Crippen molar-refractivity contribution in [3.63, 3.8) is 0 Å². The van der Waals surface area contributed by atoms with Gasteiger partial charge in [0.2, 0.25) is 0 Å². The lowest BCUT2D eigenvalue weighted by atomic mass is 10.2. The van der Waals surface area contributed by atoms with E-state index in [4.69, 9.17) is 0 Å². The standard InChI is InChI=1S/C14H12IN3O/c1-9-7-12-13(14(19)16-9)11(8-15)17-18(12)10-5-3-2-4-6-10/h2-7H,8H2,1H3,(H,16,19). The van der Waals surface area contributed by atoms with Gasteiger partial charge in [-0.15, -0.1) is 0 Å². The number of hydrogen-bond donors (Lipinski definition) is 1. The van der Waals surface area contributed by atoms with Gasteiger partial charge in [-0.3, -0.25) is 4.79 Å². The van der Waals surface area contributed by atoms with Gasteiger partial charge in [0.05, 0.1) is 22.3 Å². The summed E-state index contributed by atoms with van der Waals surface area (Å²) in [6.07, 6.45) is 0. The van der Waals surface area contributed by atoms with Gasteiger partial charge in [0, 0.05) is 10.1 Å². The van der Waals surface area contributed by atoms with Crippen LogP contribution in [-0.4, -0.2) is 14.8 Å². The quantitative estimate of drug-likeness (QED) is 0.561. The van der Waals surface area contributed by atoms with E-state index in [0.29, 0.717) is 9.81 Å². The molecular weight excluding hydrogens is 353 g/mol. The summed E-state index contributed by atoms with van der Waals surface area (Å²) < 4.78 is 2.55. The molecule has 1 N–H and O–H groups in total. The van der Waals surface area contributed by atoms with Crippen LogP contribution in [0.5, 0.6) is 0 Å². The summed E-state index contributed by atoms with van der Waals surface area (Å²) in [5.74, 6) is 0. The molecule has 0 fully saturated rings. The van der Waals surface area contributed by atoms with Crippen LogP contribution in [0.3, 0.4) is 0 Å². The molecule has 0 aliphatic rings. The monoisotopic (exact) mass is 365 g/mol. The van der Waals surface area contributed by atoms with Crippen LogP contribution in [0.1, 0.15) is 11.4 Å². The number of benzene rings is 1. The average molecular weight is 365 g/mol. The smallest absolute Gasteiger partial charge is 0.259 e. The van der Waals surface area contributed by atoms with Crippen LogP contribution in [0.2, 0.25) is 0 Å². The molecule has 0 bridgehead atoms. The molecule has 0 saturated heterocycles. The zero-order valence-electron chi connectivity index (χ0n) is 10.4. The third-order valence-corrected chi connectivity index (χ3v) is 3.73. The number of aryl methyl sites for hydroxylation is 1. The fraction of sp³-hybridized carbons (Fsp3) is 0.143. The Bertz CT molecular complexity index is 790. The van der Waals surface area contributed by atoms with Gasteiger partial charge < -0.3 is 4.98 Å². The third-order valence-electron chi connectivity index (χ3n) is 3.01. The van der Waals surface area contributed by atoms with Crippen molar-refractivity contribution in [1.29, 1.82) is 0 Å². The molecule has 0 amide bonds. The minimum Gasteiger partial charge on any atom is -0.326 e. The Morgan fingerprint density at radius 2 is 2.05 bits per heavy atom. The Hall–Kier alpha value is -1.63. The number of nitrogens with one attached hydrogen (secondary N) is 1. The second-order valence-electron chi connectivity index (χ2n) is 4.37. The van der Waals surface area contributed by atoms with E-state index < -0.39 is 0 Å². The number of nitrogens with zero attached hydrogens (tertiary/aromatic N) is 2. The van der Waals surface area contributed by atoms with Gasteiger partial charge in [-0.2, -0.15) is 5.10 Å². The summed E-state index contributed by atoms with van der Waals surface area (Å²) in [5.41, 5.74) is 3.42. The molecule has 0 spiro atoms. The van der Waals surface area contributed by atoms with Crippen molar-refractivity contribution in [2.45, 2.75) is 11.4 Å². The summed E-state index contributed by atoms with van der Waals surface area (Å²) in [7, 11) is 0. The predicted molar refractivity (Wildman–Crippen MR) is 84.2 cm³/mol. The van der Waals surface area contributed by atoms with Crippen molar-refractivity contribution < 1.29 is 0 Å². The predicted octanol–water partition coefficient (Wildman–Crippen LogP) is 2.96. The largest absolute Gasteiger partial charge is 0.326 e. The molecule has 5 heteroatoms. The molecule has 3 aromatic rings. The maximum Gasteiger partial charge on any atom is 0.259 e. The summed E-state index contributed by atoms with van der Waals surface area (Å²) >= 11 is 2.23. The summed E-state index contributed by atoms with van der Waals surface area (Å²) in [6.45, 7) is 1.88. The minimum atomic E-state index is -0.0659. The molecule has 3 rings (SSSR count). The highest BCUT2D eigenvalue weighted by Crippen LogP contribution is 2.21. The van der Waals surface area contributed by atoms with Gasteiger partial charge in [-0.1, -0.05) is 40.8 Å². The SMILES string of the molecule is Cc1cc2c(c(CI)nn2-c2ccccc2)c(=O)[nH]1. The Kier molecular flexibility index (Phi) is 3.14. The number of H-pyrrole nitrogens is 1. The first-order valence-corrected chi connectivity index (χ1v) is 7.46. The molecule has 0 aliphatic heterocycles. The second-order valence-corrected chi connectivity index (χ2v) is 5.13. The highest BCUT2D eigenvalue weighted by molar-refractivity contribution is 14.1. The molecule has 2 aromatic heterocycles. The lowest BCUT2D eigenvalue weighted by molar-refractivity contribution is 0.887. The number of pyridine rings is 1. The van der Waals surface area contributed by atoms with Crippen LogP contribution in [0, 0.1) is 6.92 Å². The van der Waals surface area contributed by atoms with Crippen LogP contribution >= 0.6 is 22.6 Å². The Morgan fingerprint density at radius 1 is 1.32 bits per heavy atom. The van der Waals surface area contributed by atoms with E-state index >= 15 is 0 Å². The van der Waals surface area contributed by atoms with Crippen LogP contribution in [0.15, 0.2) is 41.2 Å². The Morgan fingerprint density at radius 3 is 2.74 bits per heavy atom. The Balaban J connectivity index is 2.41. The zero-order valence-corrected chi connectivity index (χ0v) is 12.5. The first-order chi connectivity index (χ1) is 9.20. The zero-order chi connectivity index (χ0) is 13.4. The van der Waals surface area contributed by atoms with Gasteiger partial charge >= 0.3 is 0 Å². The normalized spacial score (nSPS) is 11.1. The number of hydrogen-bond acceptors (Lipinski definition) is 2. The van der Waals surface area contributed by atoms with Crippen molar-refractivity contribution in [3.05, 3.63) is 58.1 Å². The third kappa shape index (κ3) is 2.07. The van der Waals surface area contributed by atoms with E-state index in [2.05, 4.69) is 32.7 Å². The highest BCUT2D eigenvalue weighted by atomic mass is 127. The number of halogens is 1. The Labute approximate surface area is 123 Å².